The van der Waals surface area contributed by atoms with E-state index in [1.807, 2.05) is 13.1 Å². The third-order valence-electron chi connectivity index (χ3n) is 2.14. The van der Waals surface area contributed by atoms with Crippen LogP contribution in [0.25, 0.3) is 0 Å². The normalized spacial score (nSPS) is 13.0. The Morgan fingerprint density at radius 1 is 1.57 bits per heavy atom. The van der Waals surface area contributed by atoms with Gasteiger partial charge >= 0.3 is 0 Å². The van der Waals surface area contributed by atoms with E-state index >= 15 is 0 Å². The summed E-state index contributed by atoms with van der Waals surface area (Å²) in [5.74, 6) is 0. The van der Waals surface area contributed by atoms with Crippen molar-refractivity contribution in [1.29, 1.82) is 0 Å². The minimum absolute atomic E-state index is 0.374. The first kappa shape index (κ1) is 11.3. The van der Waals surface area contributed by atoms with Gasteiger partial charge in [-0.2, -0.15) is 0 Å². The van der Waals surface area contributed by atoms with Crippen LogP contribution in [0.3, 0.4) is 0 Å². The molecule has 1 aromatic heterocycles. The lowest BCUT2D eigenvalue weighted by Gasteiger charge is -2.14. The molecule has 1 unspecified atom stereocenters. The highest BCUT2D eigenvalue weighted by atomic mass is 16.5. The van der Waals surface area contributed by atoms with Crippen LogP contribution in [0, 0.1) is 0 Å². The Morgan fingerprint density at radius 3 is 3.00 bits per heavy atom. The van der Waals surface area contributed by atoms with Crippen molar-refractivity contribution in [3.05, 3.63) is 24.2 Å². The summed E-state index contributed by atoms with van der Waals surface area (Å²) in [6.45, 7) is 3.71. The number of hydrogen-bond donors (Lipinski definition) is 1. The van der Waals surface area contributed by atoms with E-state index in [1.54, 1.807) is 12.5 Å². The summed E-state index contributed by atoms with van der Waals surface area (Å²) in [6, 6.07) is 2.36. The molecule has 0 aliphatic rings. The zero-order valence-electron chi connectivity index (χ0n) is 8.95. The Labute approximate surface area is 85.4 Å². The molecule has 3 nitrogen and oxygen atoms in total. The van der Waals surface area contributed by atoms with Gasteiger partial charge in [-0.1, -0.05) is 6.92 Å². The van der Waals surface area contributed by atoms with Crippen molar-refractivity contribution in [3.8, 4) is 0 Å². The second-order valence-corrected chi connectivity index (χ2v) is 3.40. The third-order valence-corrected chi connectivity index (χ3v) is 2.14. The molecule has 0 amide bonds. The molecule has 0 aromatic carbocycles. The van der Waals surface area contributed by atoms with E-state index in [9.17, 15) is 0 Å². The molecule has 0 aliphatic carbocycles. The largest absolute Gasteiger partial charge is 0.472 e. The molecule has 0 saturated carbocycles. The van der Waals surface area contributed by atoms with Crippen LogP contribution in [0.1, 0.15) is 18.9 Å². The molecular weight excluding hydrogens is 178 g/mol. The van der Waals surface area contributed by atoms with Crippen molar-refractivity contribution in [1.82, 2.24) is 5.32 Å². The maximum atomic E-state index is 5.49. The standard InChI is InChI=1S/C11H19NO2/c1-3-5-13-9-11(12-2)7-10-4-6-14-8-10/h4,6,8,11-12H,3,5,7,9H2,1-2H3. The lowest BCUT2D eigenvalue weighted by atomic mass is 10.1. The highest BCUT2D eigenvalue weighted by Crippen LogP contribution is 2.04. The number of furan rings is 1. The summed E-state index contributed by atoms with van der Waals surface area (Å²) in [5, 5.41) is 3.23. The third kappa shape index (κ3) is 3.94. The van der Waals surface area contributed by atoms with Crippen molar-refractivity contribution < 1.29 is 9.15 Å². The molecule has 0 bridgehead atoms. The first-order chi connectivity index (χ1) is 6.86. The molecule has 1 atom stereocenters. The lowest BCUT2D eigenvalue weighted by molar-refractivity contribution is 0.114. The van der Waals surface area contributed by atoms with Gasteiger partial charge in [0.1, 0.15) is 0 Å². The smallest absolute Gasteiger partial charge is 0.0935 e. The SMILES string of the molecule is CCCOCC(Cc1ccoc1)NC. The van der Waals surface area contributed by atoms with E-state index < -0.39 is 0 Å². The van der Waals surface area contributed by atoms with Crippen LogP contribution in [-0.4, -0.2) is 26.3 Å². The van der Waals surface area contributed by atoms with Gasteiger partial charge < -0.3 is 14.5 Å². The Morgan fingerprint density at radius 2 is 2.43 bits per heavy atom. The Kier molecular flexibility index (Phi) is 5.33. The molecule has 3 heteroatoms. The molecule has 1 rings (SSSR count). The lowest BCUT2D eigenvalue weighted by Crippen LogP contribution is -2.32. The second-order valence-electron chi connectivity index (χ2n) is 3.40. The van der Waals surface area contributed by atoms with Gasteiger partial charge in [0.25, 0.3) is 0 Å². The number of rotatable bonds is 7. The van der Waals surface area contributed by atoms with Crippen LogP contribution in [0.2, 0.25) is 0 Å². The van der Waals surface area contributed by atoms with Crippen LogP contribution < -0.4 is 5.32 Å². The van der Waals surface area contributed by atoms with E-state index in [-0.39, 0.29) is 0 Å². The highest BCUT2D eigenvalue weighted by molar-refractivity contribution is 5.07. The molecule has 1 heterocycles. The van der Waals surface area contributed by atoms with E-state index in [1.165, 1.54) is 5.56 Å². The fraction of sp³-hybridized carbons (Fsp3) is 0.636. The predicted octanol–water partition coefficient (Wildman–Crippen LogP) is 1.84. The highest BCUT2D eigenvalue weighted by Gasteiger charge is 2.07. The van der Waals surface area contributed by atoms with Crippen molar-refractivity contribution in [2.45, 2.75) is 25.8 Å². The summed E-state index contributed by atoms with van der Waals surface area (Å²) in [5.41, 5.74) is 1.21. The zero-order valence-corrected chi connectivity index (χ0v) is 8.95. The van der Waals surface area contributed by atoms with E-state index in [0.29, 0.717) is 6.04 Å². The minimum Gasteiger partial charge on any atom is -0.472 e. The fourth-order valence-electron chi connectivity index (χ4n) is 1.31. The second kappa shape index (κ2) is 6.62. The van der Waals surface area contributed by atoms with Gasteiger partial charge in [0, 0.05) is 12.6 Å². The van der Waals surface area contributed by atoms with Crippen LogP contribution in [0.5, 0.6) is 0 Å². The summed E-state index contributed by atoms with van der Waals surface area (Å²) in [4.78, 5) is 0. The van der Waals surface area contributed by atoms with Crippen molar-refractivity contribution in [3.63, 3.8) is 0 Å². The van der Waals surface area contributed by atoms with Gasteiger partial charge in [0.2, 0.25) is 0 Å². The maximum Gasteiger partial charge on any atom is 0.0935 e. The van der Waals surface area contributed by atoms with Gasteiger partial charge in [-0.05, 0) is 31.5 Å². The number of likely N-dealkylation sites (N-methyl/N-ethyl adjacent to an activating group) is 1. The summed E-state index contributed by atoms with van der Waals surface area (Å²) in [7, 11) is 1.96. The van der Waals surface area contributed by atoms with Crippen LogP contribution in [0.4, 0.5) is 0 Å². The number of hydrogen-bond acceptors (Lipinski definition) is 3. The molecule has 1 N–H and O–H groups in total. The molecular formula is C11H19NO2. The first-order valence-corrected chi connectivity index (χ1v) is 5.13. The monoisotopic (exact) mass is 197 g/mol. The molecule has 0 radical (unpaired) electrons. The minimum atomic E-state index is 0.374. The molecule has 0 saturated heterocycles. The van der Waals surface area contributed by atoms with Crippen molar-refractivity contribution >= 4 is 0 Å². The Bertz CT molecular complexity index is 221. The predicted molar refractivity (Wildman–Crippen MR) is 56.4 cm³/mol. The van der Waals surface area contributed by atoms with Gasteiger partial charge in [-0.15, -0.1) is 0 Å². The van der Waals surface area contributed by atoms with E-state index in [4.69, 9.17) is 9.15 Å². The van der Waals surface area contributed by atoms with Gasteiger partial charge in [-0.25, -0.2) is 0 Å². The van der Waals surface area contributed by atoms with E-state index in [2.05, 4.69) is 12.2 Å². The average Bonchev–Trinajstić information content (AvgIpc) is 2.69. The van der Waals surface area contributed by atoms with E-state index in [0.717, 1.165) is 26.1 Å². The summed E-state index contributed by atoms with van der Waals surface area (Å²) in [6.07, 6.45) is 5.51. The van der Waals surface area contributed by atoms with Crippen LogP contribution in [-0.2, 0) is 11.2 Å². The fourth-order valence-corrected chi connectivity index (χ4v) is 1.31. The van der Waals surface area contributed by atoms with Gasteiger partial charge in [0.15, 0.2) is 0 Å². The average molecular weight is 197 g/mol. The number of ether oxygens (including phenoxy) is 1. The topological polar surface area (TPSA) is 34.4 Å². The van der Waals surface area contributed by atoms with Crippen LogP contribution in [0.15, 0.2) is 23.0 Å². The summed E-state index contributed by atoms with van der Waals surface area (Å²) < 4.78 is 10.5. The summed E-state index contributed by atoms with van der Waals surface area (Å²) >= 11 is 0. The Hall–Kier alpha value is -0.800. The molecule has 80 valence electrons. The Balaban J connectivity index is 2.24. The zero-order chi connectivity index (χ0) is 10.2. The van der Waals surface area contributed by atoms with Gasteiger partial charge in [-0.3, -0.25) is 0 Å². The van der Waals surface area contributed by atoms with Gasteiger partial charge in [0.05, 0.1) is 19.1 Å². The molecule has 14 heavy (non-hydrogen) atoms. The van der Waals surface area contributed by atoms with Crippen molar-refractivity contribution in [2.24, 2.45) is 0 Å². The van der Waals surface area contributed by atoms with Crippen molar-refractivity contribution in [2.75, 3.05) is 20.3 Å². The maximum absolute atomic E-state index is 5.49. The number of nitrogens with one attached hydrogen (secondary N) is 1. The molecule has 0 fully saturated rings. The quantitative estimate of drug-likeness (QED) is 0.677. The molecule has 0 spiro atoms. The first-order valence-electron chi connectivity index (χ1n) is 5.13. The molecule has 0 aliphatic heterocycles. The molecule has 1 aromatic rings. The van der Waals surface area contributed by atoms with Crippen LogP contribution >= 0.6 is 0 Å².